The third kappa shape index (κ3) is 3.74. The maximum absolute atomic E-state index is 10.1. The zero-order valence-electron chi connectivity index (χ0n) is 13.4. The normalized spacial score (nSPS) is 36.9. The van der Waals surface area contributed by atoms with Gasteiger partial charge in [-0.3, -0.25) is 0 Å². The van der Waals surface area contributed by atoms with E-state index in [1.807, 2.05) is 6.92 Å². The van der Waals surface area contributed by atoms with E-state index in [4.69, 9.17) is 0 Å². The lowest BCUT2D eigenvalue weighted by Crippen LogP contribution is -2.32. The zero-order valence-corrected chi connectivity index (χ0v) is 13.4. The molecule has 1 N–H and O–H groups in total. The number of rotatable bonds is 7. The van der Waals surface area contributed by atoms with Crippen molar-refractivity contribution in [3.05, 3.63) is 0 Å². The number of fused-ring (bicyclic) bond motifs is 2. The van der Waals surface area contributed by atoms with Gasteiger partial charge in [0.1, 0.15) is 0 Å². The van der Waals surface area contributed by atoms with Gasteiger partial charge in [0, 0.05) is 0 Å². The second kappa shape index (κ2) is 6.61. The van der Waals surface area contributed by atoms with E-state index in [0.29, 0.717) is 5.92 Å². The molecule has 19 heavy (non-hydrogen) atoms. The van der Waals surface area contributed by atoms with Gasteiger partial charge < -0.3 is 5.11 Å². The Kier molecular flexibility index (Phi) is 5.34. The average molecular weight is 266 g/mol. The number of hydrogen-bond donors (Lipinski definition) is 1. The first-order chi connectivity index (χ1) is 8.99. The van der Waals surface area contributed by atoms with Gasteiger partial charge in [0.2, 0.25) is 0 Å². The first-order valence-corrected chi connectivity index (χ1v) is 8.67. The highest BCUT2D eigenvalue weighted by atomic mass is 16.3. The molecule has 1 nitrogen and oxygen atoms in total. The highest BCUT2D eigenvalue weighted by Crippen LogP contribution is 2.55. The SMILES string of the molecule is CC(C)CCCC(C)C[C@H]1[C@@H]2CC[C@@H](C2)[C@@H]1C(C)O. The summed E-state index contributed by atoms with van der Waals surface area (Å²) in [4.78, 5) is 0. The Labute approximate surface area is 120 Å². The maximum atomic E-state index is 10.1. The lowest BCUT2D eigenvalue weighted by molar-refractivity contribution is 0.0433. The molecule has 6 atom stereocenters. The molecule has 2 unspecified atom stereocenters. The predicted octanol–water partition coefficient (Wildman–Crippen LogP) is 4.88. The molecule has 0 spiro atoms. The summed E-state index contributed by atoms with van der Waals surface area (Å²) in [5, 5.41) is 10.1. The number of aliphatic hydroxyl groups excluding tert-OH is 1. The Morgan fingerprint density at radius 2 is 1.68 bits per heavy atom. The highest BCUT2D eigenvalue weighted by molar-refractivity contribution is 4.98. The fraction of sp³-hybridized carbons (Fsp3) is 1.00. The van der Waals surface area contributed by atoms with Crippen LogP contribution in [0.1, 0.15) is 72.6 Å². The van der Waals surface area contributed by atoms with Gasteiger partial charge in [-0.1, -0.05) is 40.0 Å². The summed E-state index contributed by atoms with van der Waals surface area (Å²) < 4.78 is 0. The van der Waals surface area contributed by atoms with Gasteiger partial charge in [-0.25, -0.2) is 0 Å². The summed E-state index contributed by atoms with van der Waals surface area (Å²) in [5.74, 6) is 4.93. The Balaban J connectivity index is 1.80. The molecule has 0 aromatic carbocycles. The van der Waals surface area contributed by atoms with Crippen molar-refractivity contribution in [2.45, 2.75) is 78.7 Å². The molecule has 2 saturated carbocycles. The van der Waals surface area contributed by atoms with E-state index in [2.05, 4.69) is 20.8 Å². The van der Waals surface area contributed by atoms with Crippen LogP contribution in [0.15, 0.2) is 0 Å². The van der Waals surface area contributed by atoms with Crippen molar-refractivity contribution in [1.82, 2.24) is 0 Å². The van der Waals surface area contributed by atoms with Crippen LogP contribution < -0.4 is 0 Å². The molecule has 112 valence electrons. The lowest BCUT2D eigenvalue weighted by atomic mass is 9.72. The summed E-state index contributed by atoms with van der Waals surface area (Å²) in [6, 6.07) is 0. The molecular formula is C18H34O. The topological polar surface area (TPSA) is 20.2 Å². The van der Waals surface area contributed by atoms with Crippen LogP contribution in [0.2, 0.25) is 0 Å². The van der Waals surface area contributed by atoms with Crippen LogP contribution in [-0.4, -0.2) is 11.2 Å². The predicted molar refractivity (Wildman–Crippen MR) is 82.0 cm³/mol. The second-order valence-corrected chi connectivity index (χ2v) is 7.98. The first kappa shape index (κ1) is 15.4. The van der Waals surface area contributed by atoms with E-state index in [1.165, 1.54) is 44.9 Å². The molecule has 1 heteroatoms. The molecule has 0 amide bonds. The smallest absolute Gasteiger partial charge is 0.0545 e. The van der Waals surface area contributed by atoms with Crippen molar-refractivity contribution in [1.29, 1.82) is 0 Å². The molecular weight excluding hydrogens is 232 g/mol. The van der Waals surface area contributed by atoms with Crippen molar-refractivity contribution in [2.75, 3.05) is 0 Å². The molecule has 2 fully saturated rings. The van der Waals surface area contributed by atoms with Gasteiger partial charge in [0.05, 0.1) is 6.10 Å². The molecule has 2 aliphatic rings. The van der Waals surface area contributed by atoms with Gasteiger partial charge in [0.25, 0.3) is 0 Å². The summed E-state index contributed by atoms with van der Waals surface area (Å²) in [7, 11) is 0. The standard InChI is InChI=1S/C18H34O/c1-12(2)6-5-7-13(3)10-17-15-8-9-16(11-15)18(17)14(4)19/h12-19H,5-11H2,1-4H3/t13?,14?,15-,16+,17+,18+/m1/s1. The molecule has 0 aliphatic heterocycles. The highest BCUT2D eigenvalue weighted by Gasteiger charge is 2.48. The number of hydrogen-bond acceptors (Lipinski definition) is 1. The van der Waals surface area contributed by atoms with Gasteiger partial charge in [-0.15, -0.1) is 0 Å². The summed E-state index contributed by atoms with van der Waals surface area (Å²) >= 11 is 0. The van der Waals surface area contributed by atoms with E-state index < -0.39 is 0 Å². The van der Waals surface area contributed by atoms with Crippen LogP contribution in [0.25, 0.3) is 0 Å². The minimum atomic E-state index is -0.0804. The van der Waals surface area contributed by atoms with Crippen molar-refractivity contribution in [3.8, 4) is 0 Å². The Morgan fingerprint density at radius 3 is 2.32 bits per heavy atom. The van der Waals surface area contributed by atoms with Crippen LogP contribution in [0.5, 0.6) is 0 Å². The van der Waals surface area contributed by atoms with E-state index in [0.717, 1.165) is 29.6 Å². The first-order valence-electron chi connectivity index (χ1n) is 8.67. The van der Waals surface area contributed by atoms with Crippen LogP contribution in [0.4, 0.5) is 0 Å². The van der Waals surface area contributed by atoms with Crippen molar-refractivity contribution in [2.24, 2.45) is 35.5 Å². The molecule has 2 aliphatic carbocycles. The minimum Gasteiger partial charge on any atom is -0.393 e. The summed E-state index contributed by atoms with van der Waals surface area (Å²) in [6.45, 7) is 9.11. The largest absolute Gasteiger partial charge is 0.393 e. The van der Waals surface area contributed by atoms with Crippen molar-refractivity contribution < 1.29 is 5.11 Å². The maximum Gasteiger partial charge on any atom is 0.0545 e. The molecule has 0 aromatic rings. The van der Waals surface area contributed by atoms with E-state index in [9.17, 15) is 5.11 Å². The molecule has 0 saturated heterocycles. The summed E-state index contributed by atoms with van der Waals surface area (Å²) in [6.07, 6.45) is 9.69. The molecule has 0 radical (unpaired) electrons. The van der Waals surface area contributed by atoms with Gasteiger partial charge in [-0.2, -0.15) is 0 Å². The third-order valence-corrected chi connectivity index (χ3v) is 5.87. The van der Waals surface area contributed by atoms with Gasteiger partial charge in [-0.05, 0) is 68.1 Å². The molecule has 2 bridgehead atoms. The Bertz CT molecular complexity index is 271. The minimum absolute atomic E-state index is 0.0804. The third-order valence-electron chi connectivity index (χ3n) is 5.87. The quantitative estimate of drug-likeness (QED) is 0.696. The average Bonchev–Trinajstić information content (AvgIpc) is 2.88. The summed E-state index contributed by atoms with van der Waals surface area (Å²) in [5.41, 5.74) is 0. The Morgan fingerprint density at radius 1 is 1.00 bits per heavy atom. The monoisotopic (exact) mass is 266 g/mol. The van der Waals surface area contributed by atoms with E-state index >= 15 is 0 Å². The van der Waals surface area contributed by atoms with E-state index in [-0.39, 0.29) is 6.10 Å². The van der Waals surface area contributed by atoms with Crippen molar-refractivity contribution in [3.63, 3.8) is 0 Å². The molecule has 0 aromatic heterocycles. The number of aliphatic hydroxyl groups is 1. The van der Waals surface area contributed by atoms with Crippen LogP contribution in [-0.2, 0) is 0 Å². The fourth-order valence-electron chi connectivity index (χ4n) is 5.01. The van der Waals surface area contributed by atoms with Gasteiger partial charge in [0.15, 0.2) is 0 Å². The Hall–Kier alpha value is -0.0400. The van der Waals surface area contributed by atoms with Gasteiger partial charge >= 0.3 is 0 Å². The van der Waals surface area contributed by atoms with E-state index in [1.54, 1.807) is 0 Å². The molecule has 2 rings (SSSR count). The fourth-order valence-corrected chi connectivity index (χ4v) is 5.01. The second-order valence-electron chi connectivity index (χ2n) is 7.98. The lowest BCUT2D eigenvalue weighted by Gasteiger charge is -2.34. The molecule has 0 heterocycles. The van der Waals surface area contributed by atoms with Crippen LogP contribution in [0.3, 0.4) is 0 Å². The zero-order chi connectivity index (χ0) is 14.0. The van der Waals surface area contributed by atoms with Crippen LogP contribution >= 0.6 is 0 Å². The van der Waals surface area contributed by atoms with Crippen molar-refractivity contribution >= 4 is 0 Å². The van der Waals surface area contributed by atoms with Crippen LogP contribution in [0, 0.1) is 35.5 Å².